The number of halogens is 1. The van der Waals surface area contributed by atoms with E-state index in [0.29, 0.717) is 18.2 Å². The average Bonchev–Trinajstić information content (AvgIpc) is 2.48. The lowest BCUT2D eigenvalue weighted by Gasteiger charge is -2.37. The van der Waals surface area contributed by atoms with E-state index in [1.807, 2.05) is 0 Å². The van der Waals surface area contributed by atoms with Gasteiger partial charge in [0.1, 0.15) is 0 Å². The Morgan fingerprint density at radius 2 is 2.09 bits per heavy atom. The van der Waals surface area contributed by atoms with Crippen LogP contribution in [0.2, 0.25) is 5.02 Å². The van der Waals surface area contributed by atoms with Gasteiger partial charge in [0.05, 0.1) is 28.3 Å². The third kappa shape index (κ3) is 4.30. The number of benzene rings is 1. The zero-order chi connectivity index (χ0) is 16.1. The molecule has 0 radical (unpaired) electrons. The Morgan fingerprint density at radius 3 is 2.64 bits per heavy atom. The molecule has 1 aliphatic heterocycles. The third-order valence-electron chi connectivity index (χ3n) is 3.68. The molecule has 1 aliphatic rings. The lowest BCUT2D eigenvalue weighted by Crippen LogP contribution is -2.49. The van der Waals surface area contributed by atoms with Crippen molar-refractivity contribution >= 4 is 23.0 Å². The lowest BCUT2D eigenvalue weighted by atomic mass is 10.2. The van der Waals surface area contributed by atoms with Crippen LogP contribution in [0.15, 0.2) is 18.2 Å². The molecule has 122 valence electrons. The molecule has 1 heterocycles. The van der Waals surface area contributed by atoms with Crippen LogP contribution in [0.1, 0.15) is 0 Å². The molecule has 0 aliphatic carbocycles. The SMILES string of the molecule is COCC(O)CN1CCN(c2ccc([N+](=O)[O-])cc2Cl)CC1. The van der Waals surface area contributed by atoms with Crippen LogP contribution in [0.25, 0.3) is 0 Å². The van der Waals surface area contributed by atoms with Crippen LogP contribution in [0.4, 0.5) is 11.4 Å². The van der Waals surface area contributed by atoms with Gasteiger partial charge >= 0.3 is 0 Å². The predicted octanol–water partition coefficient (Wildman–Crippen LogP) is 1.38. The summed E-state index contributed by atoms with van der Waals surface area (Å²) in [5, 5.41) is 20.9. The van der Waals surface area contributed by atoms with Crippen molar-refractivity contribution in [3.05, 3.63) is 33.3 Å². The van der Waals surface area contributed by atoms with E-state index in [1.165, 1.54) is 12.1 Å². The third-order valence-corrected chi connectivity index (χ3v) is 3.99. The summed E-state index contributed by atoms with van der Waals surface area (Å²) in [7, 11) is 1.57. The Balaban J connectivity index is 1.93. The Labute approximate surface area is 134 Å². The fraction of sp³-hybridized carbons (Fsp3) is 0.571. The highest BCUT2D eigenvalue weighted by molar-refractivity contribution is 6.33. The average molecular weight is 330 g/mol. The molecule has 1 saturated heterocycles. The molecule has 1 aromatic carbocycles. The molecule has 1 atom stereocenters. The van der Waals surface area contributed by atoms with Gasteiger partial charge in [-0.2, -0.15) is 0 Å². The smallest absolute Gasteiger partial charge is 0.271 e. The zero-order valence-electron chi connectivity index (χ0n) is 12.4. The fourth-order valence-electron chi connectivity index (χ4n) is 2.58. The molecule has 1 fully saturated rings. The minimum Gasteiger partial charge on any atom is -0.389 e. The summed E-state index contributed by atoms with van der Waals surface area (Å²) in [5.41, 5.74) is 0.805. The first kappa shape index (κ1) is 17.0. The molecule has 0 spiro atoms. The largest absolute Gasteiger partial charge is 0.389 e. The van der Waals surface area contributed by atoms with Gasteiger partial charge in [0.2, 0.25) is 0 Å². The molecule has 22 heavy (non-hydrogen) atoms. The van der Waals surface area contributed by atoms with Gasteiger partial charge in [-0.1, -0.05) is 11.6 Å². The van der Waals surface area contributed by atoms with Gasteiger partial charge in [-0.05, 0) is 6.07 Å². The summed E-state index contributed by atoms with van der Waals surface area (Å²) in [6.45, 7) is 4.03. The van der Waals surface area contributed by atoms with E-state index < -0.39 is 11.0 Å². The summed E-state index contributed by atoms with van der Waals surface area (Å²) in [6.07, 6.45) is -0.487. The molecular formula is C14H20ClN3O4. The van der Waals surface area contributed by atoms with E-state index >= 15 is 0 Å². The normalized spacial score (nSPS) is 17.5. The molecule has 1 unspecified atom stereocenters. The minimum absolute atomic E-state index is 0.00456. The van der Waals surface area contributed by atoms with Gasteiger partial charge in [0.25, 0.3) is 5.69 Å². The van der Waals surface area contributed by atoms with Gasteiger partial charge in [-0.3, -0.25) is 15.0 Å². The maximum atomic E-state index is 10.7. The number of aliphatic hydroxyl groups excluding tert-OH is 1. The molecule has 0 bridgehead atoms. The zero-order valence-corrected chi connectivity index (χ0v) is 13.2. The highest BCUT2D eigenvalue weighted by Gasteiger charge is 2.21. The van der Waals surface area contributed by atoms with Gasteiger partial charge in [-0.15, -0.1) is 0 Å². The van der Waals surface area contributed by atoms with E-state index in [2.05, 4.69) is 9.80 Å². The van der Waals surface area contributed by atoms with Crippen molar-refractivity contribution in [2.24, 2.45) is 0 Å². The van der Waals surface area contributed by atoms with Crippen molar-refractivity contribution in [1.82, 2.24) is 4.90 Å². The first-order chi connectivity index (χ1) is 10.5. The van der Waals surface area contributed by atoms with Gasteiger partial charge < -0.3 is 14.7 Å². The highest BCUT2D eigenvalue weighted by atomic mass is 35.5. The Kier molecular flexibility index (Phi) is 5.96. The number of nitro groups is 1. The van der Waals surface area contributed by atoms with E-state index in [0.717, 1.165) is 31.9 Å². The first-order valence-electron chi connectivity index (χ1n) is 7.09. The van der Waals surface area contributed by atoms with Crippen LogP contribution in [0.3, 0.4) is 0 Å². The second kappa shape index (κ2) is 7.73. The Morgan fingerprint density at radius 1 is 1.41 bits per heavy atom. The van der Waals surface area contributed by atoms with Crippen LogP contribution >= 0.6 is 11.6 Å². The number of nitrogens with zero attached hydrogens (tertiary/aromatic N) is 3. The summed E-state index contributed by atoms with van der Waals surface area (Å²) in [5.74, 6) is 0. The van der Waals surface area contributed by atoms with E-state index in [1.54, 1.807) is 13.2 Å². The molecule has 8 heteroatoms. The van der Waals surface area contributed by atoms with Crippen molar-refractivity contribution in [2.75, 3.05) is 51.3 Å². The summed E-state index contributed by atoms with van der Waals surface area (Å²) >= 11 is 6.15. The molecular weight excluding hydrogens is 310 g/mol. The molecule has 0 saturated carbocycles. The van der Waals surface area contributed by atoms with E-state index in [9.17, 15) is 15.2 Å². The van der Waals surface area contributed by atoms with E-state index in [-0.39, 0.29) is 5.69 Å². The number of nitro benzene ring substituents is 1. The molecule has 7 nitrogen and oxygen atoms in total. The lowest BCUT2D eigenvalue weighted by molar-refractivity contribution is -0.384. The number of hydrogen-bond donors (Lipinski definition) is 1. The summed E-state index contributed by atoms with van der Waals surface area (Å²) in [6, 6.07) is 4.54. The monoisotopic (exact) mass is 329 g/mol. The highest BCUT2D eigenvalue weighted by Crippen LogP contribution is 2.30. The van der Waals surface area contributed by atoms with Crippen molar-refractivity contribution in [1.29, 1.82) is 0 Å². The number of non-ortho nitro benzene ring substituents is 1. The van der Waals surface area contributed by atoms with Crippen LogP contribution < -0.4 is 4.90 Å². The number of anilines is 1. The quantitative estimate of drug-likeness (QED) is 0.627. The minimum atomic E-state index is -0.487. The van der Waals surface area contributed by atoms with Crippen molar-refractivity contribution in [3.63, 3.8) is 0 Å². The number of methoxy groups -OCH3 is 1. The van der Waals surface area contributed by atoms with E-state index in [4.69, 9.17) is 16.3 Å². The van der Waals surface area contributed by atoms with Crippen molar-refractivity contribution < 1.29 is 14.8 Å². The number of piperazine rings is 1. The number of hydrogen-bond acceptors (Lipinski definition) is 6. The number of rotatable bonds is 6. The first-order valence-corrected chi connectivity index (χ1v) is 7.47. The Bertz CT molecular complexity index is 521. The van der Waals surface area contributed by atoms with Crippen LogP contribution in [-0.4, -0.2) is 67.5 Å². The molecule has 1 aromatic rings. The van der Waals surface area contributed by atoms with Gasteiger partial charge in [-0.25, -0.2) is 0 Å². The summed E-state index contributed by atoms with van der Waals surface area (Å²) in [4.78, 5) is 14.5. The van der Waals surface area contributed by atoms with Crippen LogP contribution in [-0.2, 0) is 4.74 Å². The number of ether oxygens (including phenoxy) is 1. The second-order valence-electron chi connectivity index (χ2n) is 5.29. The molecule has 1 N–H and O–H groups in total. The predicted molar refractivity (Wildman–Crippen MR) is 84.6 cm³/mol. The van der Waals surface area contributed by atoms with Crippen molar-refractivity contribution in [3.8, 4) is 0 Å². The Hall–Kier alpha value is -1.41. The summed E-state index contributed by atoms with van der Waals surface area (Å²) < 4.78 is 4.92. The maximum absolute atomic E-state index is 10.7. The standard InChI is InChI=1S/C14H20ClN3O4/c1-22-10-12(19)9-16-4-6-17(7-5-16)14-3-2-11(18(20)21)8-13(14)15/h2-3,8,12,19H,4-7,9-10H2,1H3. The van der Waals surface area contributed by atoms with Crippen LogP contribution in [0, 0.1) is 10.1 Å². The topological polar surface area (TPSA) is 79.1 Å². The van der Waals surface area contributed by atoms with Gasteiger partial charge in [0.15, 0.2) is 0 Å². The van der Waals surface area contributed by atoms with Gasteiger partial charge in [0, 0.05) is 52.0 Å². The molecule has 2 rings (SSSR count). The molecule has 0 aromatic heterocycles. The number of β-amino-alcohol motifs (C(OH)–C–C–N with tert-alkyl or cyclic N) is 1. The fourth-order valence-corrected chi connectivity index (χ4v) is 2.87. The number of aliphatic hydroxyl groups is 1. The molecule has 0 amide bonds. The second-order valence-corrected chi connectivity index (χ2v) is 5.70. The van der Waals surface area contributed by atoms with Crippen molar-refractivity contribution in [2.45, 2.75) is 6.10 Å². The maximum Gasteiger partial charge on any atom is 0.271 e. The van der Waals surface area contributed by atoms with Crippen LogP contribution in [0.5, 0.6) is 0 Å².